The summed E-state index contributed by atoms with van der Waals surface area (Å²) in [6.45, 7) is 5.60. The summed E-state index contributed by atoms with van der Waals surface area (Å²) in [6.07, 6.45) is 3.72. The first-order chi connectivity index (χ1) is 10.7. The molecule has 0 aromatic carbocycles. The van der Waals surface area contributed by atoms with Crippen LogP contribution in [0.25, 0.3) is 0 Å². The first kappa shape index (κ1) is 15.0. The van der Waals surface area contributed by atoms with Crippen LogP contribution in [-0.4, -0.2) is 33.6 Å². The number of rotatable bonds is 3. The standard InChI is InChI=1S/C17H24N2O4/c1-15(2,3)22-14(21)18-17-7-16(8-17,9-17)13-6-12(23-19-13)10-4-11(20)5-10/h6,10-11,20H,4-5,7-9H2,1-3H3,(H,18,21)/t10-,11+,16?,17?. The van der Waals surface area contributed by atoms with Crippen LogP contribution in [0.1, 0.15) is 70.2 Å². The van der Waals surface area contributed by atoms with Gasteiger partial charge in [0.25, 0.3) is 0 Å². The van der Waals surface area contributed by atoms with Crippen molar-refractivity contribution < 1.29 is 19.2 Å². The van der Waals surface area contributed by atoms with Gasteiger partial charge in [-0.25, -0.2) is 4.79 Å². The number of nitrogens with one attached hydrogen (secondary N) is 1. The van der Waals surface area contributed by atoms with E-state index < -0.39 is 5.60 Å². The molecule has 1 amide bonds. The highest BCUT2D eigenvalue weighted by atomic mass is 16.6. The number of hydrogen-bond acceptors (Lipinski definition) is 5. The molecule has 0 aliphatic heterocycles. The molecule has 2 bridgehead atoms. The van der Waals surface area contributed by atoms with Crippen LogP contribution in [0, 0.1) is 0 Å². The second-order valence-electron chi connectivity index (χ2n) is 8.65. The lowest BCUT2D eigenvalue weighted by Crippen LogP contribution is -2.77. The summed E-state index contributed by atoms with van der Waals surface area (Å²) >= 11 is 0. The number of carbonyl (C=O) groups is 1. The summed E-state index contributed by atoms with van der Waals surface area (Å²) < 4.78 is 10.8. The molecule has 0 radical (unpaired) electrons. The summed E-state index contributed by atoms with van der Waals surface area (Å²) in [4.78, 5) is 11.9. The topological polar surface area (TPSA) is 84.6 Å². The summed E-state index contributed by atoms with van der Waals surface area (Å²) in [5.41, 5.74) is 0.481. The fraction of sp³-hybridized carbons (Fsp3) is 0.765. The van der Waals surface area contributed by atoms with Gasteiger partial charge in [0.1, 0.15) is 11.4 Å². The number of aliphatic hydroxyl groups is 1. The van der Waals surface area contributed by atoms with Crippen molar-refractivity contribution in [1.82, 2.24) is 10.5 Å². The SMILES string of the molecule is CC(C)(C)OC(=O)NC12CC(c3cc([C@H]4C[C@@H](O)C4)on3)(C1)C2. The van der Waals surface area contributed by atoms with E-state index in [1.54, 1.807) is 0 Å². The van der Waals surface area contributed by atoms with Crippen molar-refractivity contribution in [2.45, 2.75) is 81.5 Å². The average Bonchev–Trinajstić information content (AvgIpc) is 2.74. The van der Waals surface area contributed by atoms with Gasteiger partial charge in [0.05, 0.1) is 11.8 Å². The van der Waals surface area contributed by atoms with Gasteiger partial charge in [-0.2, -0.15) is 0 Å². The molecule has 4 aliphatic rings. The molecule has 4 aliphatic carbocycles. The fourth-order valence-electron chi connectivity index (χ4n) is 4.26. The van der Waals surface area contributed by atoms with E-state index in [1.165, 1.54) is 0 Å². The normalized spacial score (nSPS) is 38.1. The molecule has 0 spiro atoms. The molecule has 23 heavy (non-hydrogen) atoms. The molecule has 0 atom stereocenters. The van der Waals surface area contributed by atoms with Gasteiger partial charge in [0.2, 0.25) is 0 Å². The third-order valence-electron chi connectivity index (χ3n) is 5.38. The van der Waals surface area contributed by atoms with Crippen LogP contribution in [0.5, 0.6) is 0 Å². The summed E-state index contributed by atoms with van der Waals surface area (Å²) in [5, 5.41) is 16.7. The molecule has 6 heteroatoms. The van der Waals surface area contributed by atoms with Gasteiger partial charge in [-0.05, 0) is 52.9 Å². The molecule has 6 nitrogen and oxygen atoms in total. The molecule has 2 N–H and O–H groups in total. The van der Waals surface area contributed by atoms with E-state index in [0.29, 0.717) is 5.92 Å². The third-order valence-corrected chi connectivity index (χ3v) is 5.38. The van der Waals surface area contributed by atoms with E-state index in [1.807, 2.05) is 26.8 Å². The van der Waals surface area contributed by atoms with Crippen molar-refractivity contribution in [1.29, 1.82) is 0 Å². The summed E-state index contributed by atoms with van der Waals surface area (Å²) in [5.74, 6) is 1.21. The predicted molar refractivity (Wildman–Crippen MR) is 82.1 cm³/mol. The lowest BCUT2D eigenvalue weighted by Gasteiger charge is -2.69. The number of aliphatic hydroxyl groups excluding tert-OH is 1. The quantitative estimate of drug-likeness (QED) is 0.894. The van der Waals surface area contributed by atoms with Crippen LogP contribution in [0.3, 0.4) is 0 Å². The molecule has 1 aromatic heterocycles. The lowest BCUT2D eigenvalue weighted by atomic mass is 9.38. The van der Waals surface area contributed by atoms with E-state index in [4.69, 9.17) is 9.26 Å². The summed E-state index contributed by atoms with van der Waals surface area (Å²) in [6, 6.07) is 2.05. The van der Waals surface area contributed by atoms with Crippen LogP contribution < -0.4 is 5.32 Å². The Morgan fingerprint density at radius 2 is 2.04 bits per heavy atom. The second kappa shape index (κ2) is 4.50. The number of hydrogen-bond donors (Lipinski definition) is 2. The Balaban J connectivity index is 1.34. The first-order valence-corrected chi connectivity index (χ1v) is 8.35. The smallest absolute Gasteiger partial charge is 0.408 e. The number of amides is 1. The minimum Gasteiger partial charge on any atom is -0.444 e. The molecule has 4 saturated carbocycles. The third kappa shape index (κ3) is 2.43. The molecule has 0 unspecified atom stereocenters. The first-order valence-electron chi connectivity index (χ1n) is 8.35. The zero-order chi connectivity index (χ0) is 16.5. The van der Waals surface area contributed by atoms with Gasteiger partial charge >= 0.3 is 6.09 Å². The van der Waals surface area contributed by atoms with Crippen LogP contribution >= 0.6 is 0 Å². The van der Waals surface area contributed by atoms with Gasteiger partial charge in [-0.1, -0.05) is 5.16 Å². The molecule has 126 valence electrons. The number of alkyl carbamates (subject to hydrolysis) is 1. The molecular formula is C17H24N2O4. The van der Waals surface area contributed by atoms with E-state index >= 15 is 0 Å². The van der Waals surface area contributed by atoms with Gasteiger partial charge < -0.3 is 19.7 Å². The zero-order valence-corrected chi connectivity index (χ0v) is 13.9. The summed E-state index contributed by atoms with van der Waals surface area (Å²) in [7, 11) is 0. The molecular weight excluding hydrogens is 296 g/mol. The number of aromatic nitrogens is 1. The van der Waals surface area contributed by atoms with Crippen molar-refractivity contribution in [2.75, 3.05) is 0 Å². The van der Waals surface area contributed by atoms with E-state index in [9.17, 15) is 9.90 Å². The van der Waals surface area contributed by atoms with Crippen molar-refractivity contribution in [2.24, 2.45) is 0 Å². The maximum atomic E-state index is 11.9. The highest BCUT2D eigenvalue weighted by molar-refractivity contribution is 5.70. The van der Waals surface area contributed by atoms with Crippen LogP contribution in [0.15, 0.2) is 10.6 Å². The van der Waals surface area contributed by atoms with Gasteiger partial charge in [0.15, 0.2) is 0 Å². The molecule has 1 aromatic rings. The maximum absolute atomic E-state index is 11.9. The van der Waals surface area contributed by atoms with Gasteiger partial charge in [0, 0.05) is 22.9 Å². The fourth-order valence-corrected chi connectivity index (χ4v) is 4.26. The van der Waals surface area contributed by atoms with E-state index in [-0.39, 0.29) is 23.2 Å². The Bertz CT molecular complexity index is 619. The molecule has 5 rings (SSSR count). The monoisotopic (exact) mass is 320 g/mol. The Morgan fingerprint density at radius 1 is 1.39 bits per heavy atom. The van der Waals surface area contributed by atoms with Crippen LogP contribution in [0.4, 0.5) is 4.79 Å². The largest absolute Gasteiger partial charge is 0.444 e. The highest BCUT2D eigenvalue weighted by Crippen LogP contribution is 2.67. The van der Waals surface area contributed by atoms with Crippen molar-refractivity contribution in [3.8, 4) is 0 Å². The van der Waals surface area contributed by atoms with Crippen molar-refractivity contribution in [3.05, 3.63) is 17.5 Å². The number of nitrogens with zero attached hydrogens (tertiary/aromatic N) is 1. The molecule has 1 heterocycles. The Kier molecular flexibility index (Phi) is 2.93. The van der Waals surface area contributed by atoms with Gasteiger partial charge in [-0.3, -0.25) is 0 Å². The van der Waals surface area contributed by atoms with Crippen molar-refractivity contribution >= 4 is 6.09 Å². The number of ether oxygens (including phenoxy) is 1. The van der Waals surface area contributed by atoms with E-state index in [2.05, 4.69) is 10.5 Å². The zero-order valence-electron chi connectivity index (χ0n) is 13.9. The van der Waals surface area contributed by atoms with E-state index in [0.717, 1.165) is 43.6 Å². The minimum absolute atomic E-state index is 0.0686. The second-order valence-corrected chi connectivity index (χ2v) is 8.65. The Hall–Kier alpha value is -1.56. The van der Waals surface area contributed by atoms with Crippen molar-refractivity contribution in [3.63, 3.8) is 0 Å². The lowest BCUT2D eigenvalue weighted by molar-refractivity contribution is -0.0920. The minimum atomic E-state index is -0.473. The predicted octanol–water partition coefficient (Wildman–Crippen LogP) is 2.61. The van der Waals surface area contributed by atoms with Gasteiger partial charge in [-0.15, -0.1) is 0 Å². The number of carbonyl (C=O) groups excluding carboxylic acids is 1. The highest BCUT2D eigenvalue weighted by Gasteiger charge is 2.70. The Labute approximate surface area is 135 Å². The maximum Gasteiger partial charge on any atom is 0.408 e. The van der Waals surface area contributed by atoms with Crippen LogP contribution in [-0.2, 0) is 10.2 Å². The Morgan fingerprint density at radius 3 is 2.61 bits per heavy atom. The molecule has 0 saturated heterocycles. The van der Waals surface area contributed by atoms with Crippen LogP contribution in [0.2, 0.25) is 0 Å². The average molecular weight is 320 g/mol. The molecule has 4 fully saturated rings.